The fraction of sp³-hybridized carbons (Fsp3) is 0.312. The molecule has 27 heavy (non-hydrogen) atoms. The monoisotopic (exact) mass is 484 g/mol. The molecule has 3 rings (SSSR count). The van der Waals surface area contributed by atoms with Gasteiger partial charge in [0, 0.05) is 35.0 Å². The lowest BCUT2D eigenvalue weighted by Gasteiger charge is -2.26. The standard InChI is InChI=1S/C16H15Cl3N2O3S3/c17-11-6-12(18)16(13(19)7-11)27(23,24)20-14-9-26-8-10(14)5-15(22)21-1-3-25-4-2-21/h6-9,20H,1-5H2. The Morgan fingerprint density at radius 1 is 1.11 bits per heavy atom. The summed E-state index contributed by atoms with van der Waals surface area (Å²) in [7, 11) is -4.04. The number of rotatable bonds is 5. The molecule has 2 aromatic rings. The Kier molecular flexibility index (Phi) is 6.87. The van der Waals surface area contributed by atoms with E-state index in [0.717, 1.165) is 11.5 Å². The molecule has 1 aliphatic rings. The molecule has 2 heterocycles. The summed E-state index contributed by atoms with van der Waals surface area (Å²) in [6.45, 7) is 1.43. The Morgan fingerprint density at radius 2 is 1.74 bits per heavy atom. The van der Waals surface area contributed by atoms with E-state index in [2.05, 4.69) is 4.72 Å². The molecule has 1 aromatic heterocycles. The van der Waals surface area contributed by atoms with E-state index in [1.807, 2.05) is 11.8 Å². The van der Waals surface area contributed by atoms with Crippen molar-refractivity contribution in [1.29, 1.82) is 0 Å². The number of sulfonamides is 1. The molecule has 1 fully saturated rings. The van der Waals surface area contributed by atoms with E-state index in [0.29, 0.717) is 24.3 Å². The van der Waals surface area contributed by atoms with Gasteiger partial charge < -0.3 is 4.90 Å². The van der Waals surface area contributed by atoms with Crippen LogP contribution in [0.3, 0.4) is 0 Å². The first-order valence-electron chi connectivity index (χ1n) is 7.86. The van der Waals surface area contributed by atoms with Gasteiger partial charge in [-0.25, -0.2) is 8.42 Å². The van der Waals surface area contributed by atoms with Crippen LogP contribution >= 0.6 is 57.9 Å². The van der Waals surface area contributed by atoms with Crippen LogP contribution in [-0.4, -0.2) is 43.8 Å². The first-order valence-corrected chi connectivity index (χ1v) is 12.6. The van der Waals surface area contributed by atoms with Gasteiger partial charge in [-0.05, 0) is 23.1 Å². The number of hydrogen-bond donors (Lipinski definition) is 1. The van der Waals surface area contributed by atoms with Crippen molar-refractivity contribution in [2.45, 2.75) is 11.3 Å². The number of carbonyl (C=O) groups excluding carboxylic acids is 1. The first kappa shape index (κ1) is 21.1. The van der Waals surface area contributed by atoms with Gasteiger partial charge >= 0.3 is 0 Å². The lowest BCUT2D eigenvalue weighted by atomic mass is 10.2. The fourth-order valence-electron chi connectivity index (χ4n) is 2.62. The average Bonchev–Trinajstić information content (AvgIpc) is 3.00. The molecule has 1 aliphatic heterocycles. The molecule has 0 bridgehead atoms. The van der Waals surface area contributed by atoms with Crippen molar-refractivity contribution >= 4 is 79.5 Å². The number of thioether (sulfide) groups is 1. The second kappa shape index (κ2) is 8.80. The normalized spacial score (nSPS) is 15.0. The molecule has 0 aliphatic carbocycles. The van der Waals surface area contributed by atoms with Crippen molar-refractivity contribution in [1.82, 2.24) is 4.90 Å². The minimum Gasteiger partial charge on any atom is -0.341 e. The highest BCUT2D eigenvalue weighted by Gasteiger charge is 2.25. The van der Waals surface area contributed by atoms with Crippen LogP contribution in [0.2, 0.25) is 15.1 Å². The van der Waals surface area contributed by atoms with Crippen molar-refractivity contribution < 1.29 is 13.2 Å². The Morgan fingerprint density at radius 3 is 2.37 bits per heavy atom. The van der Waals surface area contributed by atoms with Gasteiger partial charge in [0.25, 0.3) is 10.0 Å². The molecule has 1 saturated heterocycles. The molecule has 1 aromatic carbocycles. The Balaban J connectivity index is 1.81. The van der Waals surface area contributed by atoms with Gasteiger partial charge in [-0.3, -0.25) is 9.52 Å². The van der Waals surface area contributed by atoms with Crippen LogP contribution in [0.15, 0.2) is 27.8 Å². The molecule has 0 spiro atoms. The smallest absolute Gasteiger partial charge is 0.264 e. The second-order valence-corrected chi connectivity index (χ2v) is 10.6. The summed E-state index contributed by atoms with van der Waals surface area (Å²) >= 11 is 21.1. The van der Waals surface area contributed by atoms with Crippen LogP contribution in [0.5, 0.6) is 0 Å². The third-order valence-electron chi connectivity index (χ3n) is 3.92. The maximum absolute atomic E-state index is 12.8. The number of thiophene rings is 1. The van der Waals surface area contributed by atoms with Crippen molar-refractivity contribution in [2.75, 3.05) is 29.3 Å². The zero-order valence-corrected chi connectivity index (χ0v) is 18.6. The van der Waals surface area contributed by atoms with Crippen molar-refractivity contribution in [3.63, 3.8) is 0 Å². The molecule has 146 valence electrons. The maximum Gasteiger partial charge on any atom is 0.264 e. The van der Waals surface area contributed by atoms with Gasteiger partial charge in [0.05, 0.1) is 22.2 Å². The summed E-state index contributed by atoms with van der Waals surface area (Å²) in [5.41, 5.74) is 0.967. The van der Waals surface area contributed by atoms with Crippen LogP contribution in [0.4, 0.5) is 5.69 Å². The fourth-order valence-corrected chi connectivity index (χ4v) is 7.02. The summed E-state index contributed by atoms with van der Waals surface area (Å²) < 4.78 is 28.0. The molecule has 1 amide bonds. The number of nitrogens with zero attached hydrogens (tertiary/aromatic N) is 1. The van der Waals surface area contributed by atoms with E-state index in [4.69, 9.17) is 34.8 Å². The molecule has 0 unspecified atom stereocenters. The number of carbonyl (C=O) groups is 1. The Bertz CT molecular complexity index is 934. The van der Waals surface area contributed by atoms with Gasteiger partial charge in [0.1, 0.15) is 4.90 Å². The highest BCUT2D eigenvalue weighted by molar-refractivity contribution is 7.99. The van der Waals surface area contributed by atoms with Gasteiger partial charge in [-0.2, -0.15) is 11.8 Å². The number of hydrogen-bond acceptors (Lipinski definition) is 5. The van der Waals surface area contributed by atoms with Gasteiger partial charge in [0.15, 0.2) is 0 Å². The van der Waals surface area contributed by atoms with Crippen molar-refractivity contribution in [3.05, 3.63) is 43.5 Å². The number of amides is 1. The largest absolute Gasteiger partial charge is 0.341 e. The Hall–Kier alpha value is -0.640. The topological polar surface area (TPSA) is 66.5 Å². The van der Waals surface area contributed by atoms with E-state index in [9.17, 15) is 13.2 Å². The summed E-state index contributed by atoms with van der Waals surface area (Å²) in [6.07, 6.45) is 0.133. The molecule has 5 nitrogen and oxygen atoms in total. The van der Waals surface area contributed by atoms with Crippen molar-refractivity contribution in [3.8, 4) is 0 Å². The molecule has 0 saturated carbocycles. The first-order chi connectivity index (χ1) is 12.8. The number of halogens is 3. The SMILES string of the molecule is O=C(Cc1cscc1NS(=O)(=O)c1c(Cl)cc(Cl)cc1Cl)N1CCSCC1. The van der Waals surface area contributed by atoms with Crippen LogP contribution in [0.1, 0.15) is 5.56 Å². The Labute approximate surface area is 181 Å². The van der Waals surface area contributed by atoms with E-state index < -0.39 is 10.0 Å². The molecular formula is C16H15Cl3N2O3S3. The van der Waals surface area contributed by atoms with Crippen LogP contribution in [0.25, 0.3) is 0 Å². The van der Waals surface area contributed by atoms with E-state index >= 15 is 0 Å². The van der Waals surface area contributed by atoms with Crippen LogP contribution < -0.4 is 4.72 Å². The third-order valence-corrected chi connectivity index (χ3v) is 8.16. The van der Waals surface area contributed by atoms with Crippen LogP contribution in [0, 0.1) is 0 Å². The third kappa shape index (κ3) is 5.05. The van der Waals surface area contributed by atoms with Gasteiger partial charge in [0.2, 0.25) is 5.91 Å². The maximum atomic E-state index is 12.8. The molecular weight excluding hydrogens is 471 g/mol. The zero-order chi connectivity index (χ0) is 19.6. The highest BCUT2D eigenvalue weighted by Crippen LogP contribution is 2.35. The minimum absolute atomic E-state index is 0.0169. The number of nitrogens with one attached hydrogen (secondary N) is 1. The lowest BCUT2D eigenvalue weighted by molar-refractivity contribution is -0.130. The van der Waals surface area contributed by atoms with Crippen LogP contribution in [-0.2, 0) is 21.2 Å². The minimum atomic E-state index is -4.04. The summed E-state index contributed by atoms with van der Waals surface area (Å²) in [5.74, 6) is 1.82. The van der Waals surface area contributed by atoms with E-state index in [-0.39, 0.29) is 32.3 Å². The second-order valence-electron chi connectivity index (χ2n) is 5.78. The molecule has 11 heteroatoms. The van der Waals surface area contributed by atoms with E-state index in [1.165, 1.54) is 23.5 Å². The predicted molar refractivity (Wildman–Crippen MR) is 114 cm³/mol. The quantitative estimate of drug-likeness (QED) is 0.671. The summed E-state index contributed by atoms with van der Waals surface area (Å²) in [6, 6.07) is 2.63. The molecule has 0 radical (unpaired) electrons. The number of anilines is 1. The number of benzene rings is 1. The molecule has 1 N–H and O–H groups in total. The van der Waals surface area contributed by atoms with Crippen molar-refractivity contribution in [2.24, 2.45) is 0 Å². The zero-order valence-electron chi connectivity index (χ0n) is 13.9. The van der Waals surface area contributed by atoms with Gasteiger partial charge in [-0.1, -0.05) is 34.8 Å². The molecule has 0 atom stereocenters. The van der Waals surface area contributed by atoms with E-state index in [1.54, 1.807) is 15.7 Å². The highest BCUT2D eigenvalue weighted by atomic mass is 35.5. The van der Waals surface area contributed by atoms with Gasteiger partial charge in [-0.15, -0.1) is 11.3 Å². The lowest BCUT2D eigenvalue weighted by Crippen LogP contribution is -2.38. The summed E-state index contributed by atoms with van der Waals surface area (Å²) in [5, 5.41) is 3.51. The summed E-state index contributed by atoms with van der Waals surface area (Å²) in [4.78, 5) is 14.0. The predicted octanol–water partition coefficient (Wildman–Crippen LogP) is 4.63. The average molecular weight is 486 g/mol.